The maximum absolute atomic E-state index is 12.6. The van der Waals surface area contributed by atoms with Crippen LogP contribution in [0.3, 0.4) is 0 Å². The molecule has 0 aliphatic carbocycles. The van der Waals surface area contributed by atoms with Gasteiger partial charge in [0.05, 0.1) is 19.8 Å². The topological polar surface area (TPSA) is 54.9 Å². The zero-order valence-electron chi connectivity index (χ0n) is 13.7. The average Bonchev–Trinajstić information content (AvgIpc) is 2.62. The molecule has 3 heterocycles. The summed E-state index contributed by atoms with van der Waals surface area (Å²) >= 11 is 0. The molecular formula is C17H25N3O3. The van der Waals surface area contributed by atoms with Crippen LogP contribution in [-0.2, 0) is 9.47 Å². The highest BCUT2D eigenvalue weighted by Crippen LogP contribution is 2.32. The molecule has 6 heteroatoms. The molecule has 1 aromatic heterocycles. The van der Waals surface area contributed by atoms with Crippen molar-refractivity contribution < 1.29 is 14.3 Å². The van der Waals surface area contributed by atoms with E-state index in [-0.39, 0.29) is 11.4 Å². The van der Waals surface area contributed by atoms with Gasteiger partial charge in [-0.1, -0.05) is 0 Å². The molecule has 2 aliphatic heterocycles. The number of pyridine rings is 1. The molecule has 2 saturated heterocycles. The summed E-state index contributed by atoms with van der Waals surface area (Å²) in [4.78, 5) is 21.0. The summed E-state index contributed by atoms with van der Waals surface area (Å²) in [6.45, 7) is 5.70. The van der Waals surface area contributed by atoms with E-state index in [0.717, 1.165) is 58.8 Å². The van der Waals surface area contributed by atoms with Gasteiger partial charge in [0.15, 0.2) is 0 Å². The minimum absolute atomic E-state index is 0.0613. The van der Waals surface area contributed by atoms with Crippen LogP contribution in [0.1, 0.15) is 23.2 Å². The van der Waals surface area contributed by atoms with Crippen molar-refractivity contribution in [3.63, 3.8) is 0 Å². The molecule has 3 rings (SSSR count). The lowest BCUT2D eigenvalue weighted by atomic mass is 9.85. The van der Waals surface area contributed by atoms with Crippen molar-refractivity contribution in [3.8, 4) is 0 Å². The van der Waals surface area contributed by atoms with Crippen LogP contribution in [0.25, 0.3) is 0 Å². The fourth-order valence-corrected chi connectivity index (χ4v) is 3.58. The number of methoxy groups -OCH3 is 1. The summed E-state index contributed by atoms with van der Waals surface area (Å²) in [6.07, 6.45) is 5.24. The SMILES string of the molecule is COCCN1CCOCC12CCN(C(=O)c1ccncc1)CC2. The number of nitrogens with zero attached hydrogens (tertiary/aromatic N) is 3. The second-order valence-corrected chi connectivity index (χ2v) is 6.28. The minimum Gasteiger partial charge on any atom is -0.383 e. The highest BCUT2D eigenvalue weighted by Gasteiger charge is 2.42. The van der Waals surface area contributed by atoms with Gasteiger partial charge in [0.2, 0.25) is 0 Å². The Balaban J connectivity index is 1.63. The monoisotopic (exact) mass is 319 g/mol. The highest BCUT2D eigenvalue weighted by molar-refractivity contribution is 5.94. The number of amides is 1. The molecular weight excluding hydrogens is 294 g/mol. The average molecular weight is 319 g/mol. The lowest BCUT2D eigenvalue weighted by Crippen LogP contribution is -2.62. The van der Waals surface area contributed by atoms with Crippen LogP contribution in [0, 0.1) is 0 Å². The fraction of sp³-hybridized carbons (Fsp3) is 0.647. The third kappa shape index (κ3) is 3.54. The normalized spacial score (nSPS) is 21.5. The standard InChI is InChI=1S/C17H25N3O3/c1-22-12-10-20-11-13-23-14-17(20)4-8-19(9-5-17)16(21)15-2-6-18-7-3-15/h2-3,6-7H,4-5,8-14H2,1H3. The van der Waals surface area contributed by atoms with Gasteiger partial charge in [0.1, 0.15) is 0 Å². The molecule has 1 spiro atoms. The predicted octanol–water partition coefficient (Wildman–Crippen LogP) is 1.04. The number of piperidine rings is 1. The van der Waals surface area contributed by atoms with Crippen molar-refractivity contribution >= 4 is 5.91 Å². The number of morpholine rings is 1. The van der Waals surface area contributed by atoms with Crippen LogP contribution in [0.15, 0.2) is 24.5 Å². The van der Waals surface area contributed by atoms with Gasteiger partial charge in [-0.25, -0.2) is 0 Å². The zero-order valence-corrected chi connectivity index (χ0v) is 13.7. The molecule has 0 atom stereocenters. The Morgan fingerprint density at radius 3 is 2.74 bits per heavy atom. The first-order valence-corrected chi connectivity index (χ1v) is 8.26. The molecule has 2 aliphatic rings. The van der Waals surface area contributed by atoms with Crippen LogP contribution < -0.4 is 0 Å². The smallest absolute Gasteiger partial charge is 0.253 e. The zero-order chi connectivity index (χ0) is 16.1. The molecule has 6 nitrogen and oxygen atoms in total. The molecule has 0 bridgehead atoms. The van der Waals surface area contributed by atoms with Crippen molar-refractivity contribution in [1.29, 1.82) is 0 Å². The molecule has 2 fully saturated rings. The Bertz CT molecular complexity index is 515. The van der Waals surface area contributed by atoms with Gasteiger partial charge >= 0.3 is 0 Å². The molecule has 1 aromatic rings. The molecule has 0 unspecified atom stereocenters. The van der Waals surface area contributed by atoms with Gasteiger partial charge in [0.25, 0.3) is 5.91 Å². The highest BCUT2D eigenvalue weighted by atomic mass is 16.5. The summed E-state index contributed by atoms with van der Waals surface area (Å²) in [5.74, 6) is 0.0995. The number of carbonyl (C=O) groups is 1. The Morgan fingerprint density at radius 1 is 1.30 bits per heavy atom. The fourth-order valence-electron chi connectivity index (χ4n) is 3.58. The third-order valence-corrected chi connectivity index (χ3v) is 5.02. The number of likely N-dealkylation sites (tertiary alicyclic amines) is 1. The van der Waals surface area contributed by atoms with E-state index < -0.39 is 0 Å². The summed E-state index contributed by atoms with van der Waals surface area (Å²) in [6, 6.07) is 3.56. The largest absolute Gasteiger partial charge is 0.383 e. The molecule has 0 N–H and O–H groups in total. The van der Waals surface area contributed by atoms with Crippen molar-refractivity contribution in [3.05, 3.63) is 30.1 Å². The van der Waals surface area contributed by atoms with Crippen molar-refractivity contribution in [2.75, 3.05) is 53.1 Å². The number of aromatic nitrogens is 1. The van der Waals surface area contributed by atoms with Crippen LogP contribution in [0.2, 0.25) is 0 Å². The number of carbonyl (C=O) groups excluding carboxylic acids is 1. The minimum atomic E-state index is 0.0613. The Labute approximate surface area is 137 Å². The van der Waals surface area contributed by atoms with Gasteiger partial charge in [-0.15, -0.1) is 0 Å². The molecule has 0 saturated carbocycles. The number of hydrogen-bond donors (Lipinski definition) is 0. The maximum Gasteiger partial charge on any atom is 0.253 e. The Morgan fingerprint density at radius 2 is 2.04 bits per heavy atom. The molecule has 126 valence electrons. The summed E-state index contributed by atoms with van der Waals surface area (Å²) in [5, 5.41) is 0. The molecule has 0 radical (unpaired) electrons. The Hall–Kier alpha value is -1.50. The second-order valence-electron chi connectivity index (χ2n) is 6.28. The summed E-state index contributed by atoms with van der Waals surface area (Å²) in [5.41, 5.74) is 0.776. The summed E-state index contributed by atoms with van der Waals surface area (Å²) in [7, 11) is 1.74. The van der Waals surface area contributed by atoms with E-state index in [1.54, 1.807) is 31.6 Å². The maximum atomic E-state index is 12.6. The summed E-state index contributed by atoms with van der Waals surface area (Å²) < 4.78 is 11.0. The van der Waals surface area contributed by atoms with E-state index in [2.05, 4.69) is 9.88 Å². The van der Waals surface area contributed by atoms with Gasteiger partial charge in [-0.3, -0.25) is 14.7 Å². The molecule has 1 amide bonds. The quantitative estimate of drug-likeness (QED) is 0.830. The first-order valence-electron chi connectivity index (χ1n) is 8.26. The van der Waals surface area contributed by atoms with Crippen molar-refractivity contribution in [2.24, 2.45) is 0 Å². The lowest BCUT2D eigenvalue weighted by molar-refractivity contribution is -0.0968. The Kier molecular flexibility index (Phi) is 5.25. The lowest BCUT2D eigenvalue weighted by Gasteiger charge is -2.51. The number of rotatable bonds is 4. The van der Waals surface area contributed by atoms with E-state index in [1.807, 2.05) is 4.90 Å². The predicted molar refractivity (Wildman–Crippen MR) is 86.4 cm³/mol. The first kappa shape index (κ1) is 16.4. The van der Waals surface area contributed by atoms with Gasteiger partial charge in [-0.2, -0.15) is 0 Å². The van der Waals surface area contributed by atoms with Gasteiger partial charge in [-0.05, 0) is 25.0 Å². The van der Waals surface area contributed by atoms with Crippen molar-refractivity contribution in [2.45, 2.75) is 18.4 Å². The van der Waals surface area contributed by atoms with Gasteiger partial charge < -0.3 is 14.4 Å². The van der Waals surface area contributed by atoms with E-state index in [0.29, 0.717) is 5.56 Å². The second kappa shape index (κ2) is 7.38. The molecule has 0 aromatic carbocycles. The van der Waals surface area contributed by atoms with Crippen molar-refractivity contribution in [1.82, 2.24) is 14.8 Å². The van der Waals surface area contributed by atoms with Crippen LogP contribution in [0.4, 0.5) is 0 Å². The van der Waals surface area contributed by atoms with Crippen LogP contribution in [-0.4, -0.2) is 79.3 Å². The van der Waals surface area contributed by atoms with Gasteiger partial charge in [0, 0.05) is 56.8 Å². The first-order chi connectivity index (χ1) is 11.2. The molecule has 23 heavy (non-hydrogen) atoms. The van der Waals surface area contributed by atoms with E-state index in [4.69, 9.17) is 9.47 Å². The van der Waals surface area contributed by atoms with E-state index >= 15 is 0 Å². The van der Waals surface area contributed by atoms with Crippen LogP contribution >= 0.6 is 0 Å². The number of hydrogen-bond acceptors (Lipinski definition) is 5. The van der Waals surface area contributed by atoms with E-state index in [1.165, 1.54) is 0 Å². The van der Waals surface area contributed by atoms with E-state index in [9.17, 15) is 4.79 Å². The van der Waals surface area contributed by atoms with Crippen LogP contribution in [0.5, 0.6) is 0 Å². The third-order valence-electron chi connectivity index (χ3n) is 5.02. The number of ether oxygens (including phenoxy) is 2.